The fourth-order valence-electron chi connectivity index (χ4n) is 3.26. The van der Waals surface area contributed by atoms with Crippen LogP contribution in [0.1, 0.15) is 44.6 Å². The van der Waals surface area contributed by atoms with Crippen LogP contribution in [0.2, 0.25) is 10.0 Å². The van der Waals surface area contributed by atoms with E-state index in [9.17, 15) is 9.59 Å². The number of esters is 1. The van der Waals surface area contributed by atoms with Crippen LogP contribution >= 0.6 is 23.2 Å². The van der Waals surface area contributed by atoms with Gasteiger partial charge in [-0.25, -0.2) is 0 Å². The molecule has 0 bridgehead atoms. The van der Waals surface area contributed by atoms with Crippen molar-refractivity contribution in [2.75, 3.05) is 0 Å². The van der Waals surface area contributed by atoms with Gasteiger partial charge in [0.1, 0.15) is 5.76 Å². The average molecular weight is 339 g/mol. The Hall–Kier alpha value is -1.32. The third kappa shape index (κ3) is 2.68. The van der Waals surface area contributed by atoms with Gasteiger partial charge in [0.25, 0.3) is 0 Å². The van der Waals surface area contributed by atoms with Gasteiger partial charge in [0, 0.05) is 24.3 Å². The molecule has 3 rings (SSSR count). The maximum Gasteiger partial charge on any atom is 0.311 e. The minimum Gasteiger partial charge on any atom is -0.431 e. The van der Waals surface area contributed by atoms with Crippen molar-refractivity contribution in [1.82, 2.24) is 0 Å². The predicted molar refractivity (Wildman–Crippen MR) is 85.0 cm³/mol. The maximum absolute atomic E-state index is 12.6. The summed E-state index contributed by atoms with van der Waals surface area (Å²) in [7, 11) is 0. The van der Waals surface area contributed by atoms with E-state index in [-0.39, 0.29) is 29.5 Å². The summed E-state index contributed by atoms with van der Waals surface area (Å²) in [5.74, 6) is -0.172. The molecule has 0 unspecified atom stereocenters. The number of carbonyl (C=O) groups excluding carboxylic acids is 2. The van der Waals surface area contributed by atoms with Gasteiger partial charge >= 0.3 is 5.97 Å². The van der Waals surface area contributed by atoms with Crippen LogP contribution in [0.5, 0.6) is 0 Å². The van der Waals surface area contributed by atoms with Crippen molar-refractivity contribution in [1.29, 1.82) is 0 Å². The molecule has 0 fully saturated rings. The van der Waals surface area contributed by atoms with Gasteiger partial charge < -0.3 is 4.74 Å². The highest BCUT2D eigenvalue weighted by atomic mass is 35.5. The van der Waals surface area contributed by atoms with Crippen molar-refractivity contribution in [2.24, 2.45) is 5.41 Å². The SMILES string of the molecule is CC1(C)CC(=O)C2=C(C1)OC(=O)C[C@@H]2c1cccc(Cl)c1Cl. The van der Waals surface area contributed by atoms with E-state index in [1.54, 1.807) is 12.1 Å². The first-order valence-corrected chi connectivity index (χ1v) is 7.95. The van der Waals surface area contributed by atoms with Crippen molar-refractivity contribution in [3.63, 3.8) is 0 Å². The minimum absolute atomic E-state index is 0.0276. The summed E-state index contributed by atoms with van der Waals surface area (Å²) in [6, 6.07) is 5.28. The number of benzene rings is 1. The summed E-state index contributed by atoms with van der Waals surface area (Å²) in [5.41, 5.74) is 1.10. The Kier molecular flexibility index (Phi) is 3.82. The molecule has 116 valence electrons. The summed E-state index contributed by atoms with van der Waals surface area (Å²) in [5, 5.41) is 0.817. The van der Waals surface area contributed by atoms with Gasteiger partial charge in [-0.15, -0.1) is 0 Å². The quantitative estimate of drug-likeness (QED) is 0.699. The summed E-state index contributed by atoms with van der Waals surface area (Å²) in [6.45, 7) is 4.00. The van der Waals surface area contributed by atoms with Crippen LogP contribution in [-0.4, -0.2) is 11.8 Å². The van der Waals surface area contributed by atoms with Gasteiger partial charge in [0.05, 0.1) is 16.5 Å². The Balaban J connectivity index is 2.13. The van der Waals surface area contributed by atoms with Crippen LogP contribution < -0.4 is 0 Å². The lowest BCUT2D eigenvalue weighted by Gasteiger charge is -2.36. The number of hydrogen-bond acceptors (Lipinski definition) is 3. The standard InChI is InChI=1S/C17H16Cl2O3/c1-17(2)7-12(20)15-10(6-14(21)22-13(15)8-17)9-4-3-5-11(18)16(9)19/h3-5,10H,6-8H2,1-2H3/t10-/m1/s1. The molecule has 1 atom stereocenters. The molecule has 0 aromatic heterocycles. The van der Waals surface area contributed by atoms with Gasteiger partial charge in [-0.05, 0) is 17.0 Å². The monoisotopic (exact) mass is 338 g/mol. The lowest BCUT2D eigenvalue weighted by Crippen LogP contribution is -2.34. The zero-order valence-electron chi connectivity index (χ0n) is 12.4. The highest BCUT2D eigenvalue weighted by molar-refractivity contribution is 6.42. The lowest BCUT2D eigenvalue weighted by molar-refractivity contribution is -0.142. The Labute approximate surface area is 139 Å². The first-order valence-electron chi connectivity index (χ1n) is 7.19. The largest absolute Gasteiger partial charge is 0.431 e. The average Bonchev–Trinajstić information content (AvgIpc) is 2.39. The molecule has 1 aromatic carbocycles. The number of rotatable bonds is 1. The van der Waals surface area contributed by atoms with E-state index in [0.717, 1.165) is 0 Å². The molecule has 1 aliphatic heterocycles. The second kappa shape index (κ2) is 5.39. The fourth-order valence-corrected chi connectivity index (χ4v) is 3.70. The van der Waals surface area contributed by atoms with E-state index in [1.165, 1.54) is 0 Å². The molecule has 0 saturated carbocycles. The van der Waals surface area contributed by atoms with Crippen LogP contribution in [0.25, 0.3) is 0 Å². The number of carbonyl (C=O) groups is 2. The third-order valence-electron chi connectivity index (χ3n) is 4.19. The lowest BCUT2D eigenvalue weighted by atomic mass is 9.71. The van der Waals surface area contributed by atoms with Crippen molar-refractivity contribution in [3.8, 4) is 0 Å². The summed E-state index contributed by atoms with van der Waals surface area (Å²) in [4.78, 5) is 24.6. The van der Waals surface area contributed by atoms with E-state index in [4.69, 9.17) is 27.9 Å². The number of ketones is 1. The van der Waals surface area contributed by atoms with Crippen LogP contribution in [0.15, 0.2) is 29.5 Å². The molecule has 1 aromatic rings. The third-order valence-corrected chi connectivity index (χ3v) is 5.03. The van der Waals surface area contributed by atoms with E-state index >= 15 is 0 Å². The van der Waals surface area contributed by atoms with E-state index < -0.39 is 0 Å². The van der Waals surface area contributed by atoms with Crippen LogP contribution in [-0.2, 0) is 14.3 Å². The summed E-state index contributed by atoms with van der Waals surface area (Å²) < 4.78 is 5.36. The molecule has 2 aliphatic rings. The minimum atomic E-state index is -0.369. The highest BCUT2D eigenvalue weighted by Gasteiger charge is 2.42. The second-order valence-corrected chi connectivity index (χ2v) is 7.44. The molecular weight excluding hydrogens is 323 g/mol. The zero-order valence-corrected chi connectivity index (χ0v) is 13.9. The van der Waals surface area contributed by atoms with Crippen molar-refractivity contribution in [2.45, 2.75) is 39.0 Å². The predicted octanol–water partition coefficient (Wildman–Crippen LogP) is 4.67. The van der Waals surface area contributed by atoms with Crippen LogP contribution in [0, 0.1) is 5.41 Å². The van der Waals surface area contributed by atoms with E-state index in [1.807, 2.05) is 19.9 Å². The zero-order chi connectivity index (χ0) is 16.1. The van der Waals surface area contributed by atoms with E-state index in [2.05, 4.69) is 0 Å². The molecule has 0 amide bonds. The highest BCUT2D eigenvalue weighted by Crippen LogP contribution is 2.47. The van der Waals surface area contributed by atoms with Crippen molar-refractivity contribution in [3.05, 3.63) is 45.1 Å². The van der Waals surface area contributed by atoms with Crippen LogP contribution in [0.4, 0.5) is 0 Å². The number of ether oxygens (including phenoxy) is 1. The van der Waals surface area contributed by atoms with Gasteiger partial charge in [0.2, 0.25) is 0 Å². The number of Topliss-reactive ketones (excluding diaryl/α,β-unsaturated/α-hetero) is 1. The molecule has 22 heavy (non-hydrogen) atoms. The van der Waals surface area contributed by atoms with E-state index in [0.29, 0.717) is 39.8 Å². The molecule has 5 heteroatoms. The second-order valence-electron chi connectivity index (χ2n) is 6.65. The molecule has 1 heterocycles. The number of halogens is 2. The summed E-state index contributed by atoms with van der Waals surface area (Å²) in [6.07, 6.45) is 1.14. The molecule has 0 radical (unpaired) electrons. The Morgan fingerprint density at radius 1 is 1.18 bits per heavy atom. The molecule has 0 saturated heterocycles. The molecule has 0 spiro atoms. The van der Waals surface area contributed by atoms with Crippen molar-refractivity contribution < 1.29 is 14.3 Å². The van der Waals surface area contributed by atoms with Gasteiger partial charge in [-0.2, -0.15) is 0 Å². The maximum atomic E-state index is 12.6. The molecule has 3 nitrogen and oxygen atoms in total. The Bertz CT molecular complexity index is 704. The van der Waals surface area contributed by atoms with Crippen LogP contribution in [0.3, 0.4) is 0 Å². The fraction of sp³-hybridized carbons (Fsp3) is 0.412. The Morgan fingerprint density at radius 3 is 2.64 bits per heavy atom. The number of hydrogen-bond donors (Lipinski definition) is 0. The first-order chi connectivity index (χ1) is 10.3. The molecule has 1 aliphatic carbocycles. The molecule has 0 N–H and O–H groups in total. The summed E-state index contributed by atoms with van der Waals surface area (Å²) >= 11 is 12.4. The molecular formula is C17H16Cl2O3. The topological polar surface area (TPSA) is 43.4 Å². The first kappa shape index (κ1) is 15.6. The van der Waals surface area contributed by atoms with Gasteiger partial charge in [-0.1, -0.05) is 49.2 Å². The normalized spacial score (nSPS) is 24.1. The smallest absolute Gasteiger partial charge is 0.311 e. The van der Waals surface area contributed by atoms with Crippen molar-refractivity contribution >= 4 is 35.0 Å². The number of allylic oxidation sites excluding steroid dienone is 2. The van der Waals surface area contributed by atoms with Gasteiger partial charge in [0.15, 0.2) is 5.78 Å². The van der Waals surface area contributed by atoms with Gasteiger partial charge in [-0.3, -0.25) is 9.59 Å². The Morgan fingerprint density at radius 2 is 1.91 bits per heavy atom.